The number of carbonyl (C=O) groups excluding carboxylic acids is 1. The van der Waals surface area contributed by atoms with E-state index in [0.717, 1.165) is 17.8 Å². The Bertz CT molecular complexity index is 831. The van der Waals surface area contributed by atoms with E-state index in [1.54, 1.807) is 11.3 Å². The van der Waals surface area contributed by atoms with Gasteiger partial charge in [-0.05, 0) is 42.1 Å². The Morgan fingerprint density at radius 1 is 1.28 bits per heavy atom. The van der Waals surface area contributed by atoms with Crippen LogP contribution in [-0.2, 0) is 18.3 Å². The average Bonchev–Trinajstić information content (AvgIpc) is 3.24. The largest absolute Gasteiger partial charge is 0.355 e. The van der Waals surface area contributed by atoms with E-state index in [9.17, 15) is 4.79 Å². The Morgan fingerprint density at radius 2 is 2.08 bits per heavy atom. The maximum absolute atomic E-state index is 12.0. The molecule has 0 radical (unpaired) electrons. The van der Waals surface area contributed by atoms with Gasteiger partial charge in [0, 0.05) is 29.1 Å². The number of nitrogens with one attached hydrogen (secondary N) is 1. The summed E-state index contributed by atoms with van der Waals surface area (Å²) in [6.45, 7) is 0.648. The third-order valence-electron chi connectivity index (χ3n) is 3.54. The van der Waals surface area contributed by atoms with E-state index in [2.05, 4.69) is 21.6 Å². The molecule has 0 aliphatic carbocycles. The number of amides is 1. The molecule has 2 aromatic heterocycles. The maximum atomic E-state index is 12.0. The molecule has 0 saturated carbocycles. The molecule has 0 aliphatic heterocycles. The van der Waals surface area contributed by atoms with E-state index in [4.69, 9.17) is 11.6 Å². The molecule has 3 aromatic rings. The van der Waals surface area contributed by atoms with E-state index in [1.807, 2.05) is 47.3 Å². The molecular formula is C17H17ClN4OS2. The number of thioether (sulfide) groups is 1. The standard InChI is InChI=1S/C17H17ClN4OS2/c1-22-16(12-4-6-13(18)7-5-12)20-21-17(22)25-11-15(23)19-9-8-14-3-2-10-24-14/h2-7,10H,8-9,11H2,1H3,(H,19,23). The SMILES string of the molecule is Cn1c(SCC(=O)NCCc2cccs2)nnc1-c1ccc(Cl)cc1. The number of benzene rings is 1. The van der Waals surface area contributed by atoms with Gasteiger partial charge >= 0.3 is 0 Å². The van der Waals surface area contributed by atoms with Gasteiger partial charge in [-0.2, -0.15) is 0 Å². The monoisotopic (exact) mass is 392 g/mol. The zero-order valence-electron chi connectivity index (χ0n) is 13.6. The van der Waals surface area contributed by atoms with Crippen molar-refractivity contribution < 1.29 is 4.79 Å². The summed E-state index contributed by atoms with van der Waals surface area (Å²) in [6, 6.07) is 11.5. The minimum atomic E-state index is -0.00222. The maximum Gasteiger partial charge on any atom is 0.230 e. The van der Waals surface area contributed by atoms with Crippen molar-refractivity contribution >= 4 is 40.6 Å². The Hall–Kier alpha value is -1.83. The van der Waals surface area contributed by atoms with Gasteiger partial charge < -0.3 is 9.88 Å². The van der Waals surface area contributed by atoms with Crippen LogP contribution in [0.2, 0.25) is 5.02 Å². The molecule has 0 bridgehead atoms. The second-order valence-electron chi connectivity index (χ2n) is 5.34. The van der Waals surface area contributed by atoms with Crippen LogP contribution in [0.4, 0.5) is 0 Å². The van der Waals surface area contributed by atoms with Crippen molar-refractivity contribution in [2.45, 2.75) is 11.6 Å². The number of carbonyl (C=O) groups is 1. The van der Waals surface area contributed by atoms with Crippen LogP contribution in [0.1, 0.15) is 4.88 Å². The Balaban J connectivity index is 1.51. The van der Waals surface area contributed by atoms with Crippen molar-refractivity contribution in [2.24, 2.45) is 7.05 Å². The summed E-state index contributed by atoms with van der Waals surface area (Å²) >= 11 is 8.99. The second kappa shape index (κ2) is 8.51. The second-order valence-corrected chi connectivity index (χ2v) is 7.75. The lowest BCUT2D eigenvalue weighted by molar-refractivity contribution is -0.118. The number of aromatic nitrogens is 3. The molecule has 0 spiro atoms. The van der Waals surface area contributed by atoms with Crippen LogP contribution in [0.25, 0.3) is 11.4 Å². The first-order chi connectivity index (χ1) is 12.1. The molecule has 1 aromatic carbocycles. The fraction of sp³-hybridized carbons (Fsp3) is 0.235. The smallest absolute Gasteiger partial charge is 0.230 e. The minimum absolute atomic E-state index is 0.00222. The molecule has 5 nitrogen and oxygen atoms in total. The van der Waals surface area contributed by atoms with Gasteiger partial charge in [0.2, 0.25) is 5.91 Å². The Labute approximate surface area is 159 Å². The summed E-state index contributed by atoms with van der Waals surface area (Å²) in [5, 5.41) is 14.7. The number of rotatable bonds is 7. The third kappa shape index (κ3) is 4.84. The highest BCUT2D eigenvalue weighted by Gasteiger charge is 2.12. The van der Waals surface area contributed by atoms with E-state index in [1.165, 1.54) is 16.6 Å². The summed E-state index contributed by atoms with van der Waals surface area (Å²) in [4.78, 5) is 13.2. The highest BCUT2D eigenvalue weighted by molar-refractivity contribution is 7.99. The van der Waals surface area contributed by atoms with Crippen LogP contribution in [-0.4, -0.2) is 33.0 Å². The molecule has 130 valence electrons. The van der Waals surface area contributed by atoms with E-state index in [-0.39, 0.29) is 5.91 Å². The fourth-order valence-corrected chi connectivity index (χ4v) is 3.83. The minimum Gasteiger partial charge on any atom is -0.355 e. The van der Waals surface area contributed by atoms with Crippen LogP contribution in [0.5, 0.6) is 0 Å². The van der Waals surface area contributed by atoms with Crippen LogP contribution in [0, 0.1) is 0 Å². The number of hydrogen-bond acceptors (Lipinski definition) is 5. The molecule has 0 saturated heterocycles. The first-order valence-corrected chi connectivity index (χ1v) is 9.95. The van der Waals surface area contributed by atoms with Crippen LogP contribution < -0.4 is 5.32 Å². The van der Waals surface area contributed by atoms with Gasteiger partial charge in [-0.25, -0.2) is 0 Å². The van der Waals surface area contributed by atoms with Crippen LogP contribution in [0.15, 0.2) is 46.9 Å². The first-order valence-electron chi connectivity index (χ1n) is 7.70. The lowest BCUT2D eigenvalue weighted by Crippen LogP contribution is -2.27. The van der Waals surface area contributed by atoms with Crippen molar-refractivity contribution in [1.82, 2.24) is 20.1 Å². The van der Waals surface area contributed by atoms with Crippen LogP contribution >= 0.6 is 34.7 Å². The van der Waals surface area contributed by atoms with Gasteiger partial charge in [-0.1, -0.05) is 29.4 Å². The van der Waals surface area contributed by atoms with Gasteiger partial charge in [0.1, 0.15) is 0 Å². The molecule has 0 atom stereocenters. The van der Waals surface area contributed by atoms with E-state index < -0.39 is 0 Å². The zero-order valence-corrected chi connectivity index (χ0v) is 16.0. The number of hydrogen-bond donors (Lipinski definition) is 1. The van der Waals surface area contributed by atoms with Crippen molar-refractivity contribution in [3.8, 4) is 11.4 Å². The van der Waals surface area contributed by atoms with E-state index in [0.29, 0.717) is 22.5 Å². The van der Waals surface area contributed by atoms with Gasteiger partial charge in [-0.15, -0.1) is 21.5 Å². The zero-order chi connectivity index (χ0) is 17.6. The van der Waals surface area contributed by atoms with Crippen LogP contribution in [0.3, 0.4) is 0 Å². The predicted octanol–water partition coefficient (Wildman–Crippen LogP) is 3.65. The number of thiophene rings is 1. The van der Waals surface area contributed by atoms with E-state index >= 15 is 0 Å². The van der Waals surface area contributed by atoms with Crippen molar-refractivity contribution in [1.29, 1.82) is 0 Å². The normalized spacial score (nSPS) is 10.8. The molecular weight excluding hydrogens is 376 g/mol. The third-order valence-corrected chi connectivity index (χ3v) is 5.75. The van der Waals surface area contributed by atoms with Gasteiger partial charge in [0.05, 0.1) is 5.75 Å². The summed E-state index contributed by atoms with van der Waals surface area (Å²) in [7, 11) is 1.89. The van der Waals surface area contributed by atoms with Gasteiger partial charge in [0.25, 0.3) is 0 Å². The van der Waals surface area contributed by atoms with Gasteiger partial charge in [0.15, 0.2) is 11.0 Å². The molecule has 2 heterocycles. The Morgan fingerprint density at radius 3 is 2.80 bits per heavy atom. The summed E-state index contributed by atoms with van der Waals surface area (Å²) in [5.41, 5.74) is 0.937. The Kier molecular flexibility index (Phi) is 6.12. The number of halogens is 1. The van der Waals surface area contributed by atoms with Gasteiger partial charge in [-0.3, -0.25) is 4.79 Å². The predicted molar refractivity (Wildman–Crippen MR) is 103 cm³/mol. The molecule has 0 aliphatic rings. The molecule has 0 unspecified atom stereocenters. The van der Waals surface area contributed by atoms with Crippen molar-refractivity contribution in [3.05, 3.63) is 51.7 Å². The lowest BCUT2D eigenvalue weighted by Gasteiger charge is -2.05. The molecule has 0 fully saturated rings. The summed E-state index contributed by atoms with van der Waals surface area (Å²) in [5.74, 6) is 1.06. The summed E-state index contributed by atoms with van der Waals surface area (Å²) < 4.78 is 1.88. The molecule has 25 heavy (non-hydrogen) atoms. The lowest BCUT2D eigenvalue weighted by atomic mass is 10.2. The van der Waals surface area contributed by atoms with Crippen molar-refractivity contribution in [3.63, 3.8) is 0 Å². The number of nitrogens with zero attached hydrogens (tertiary/aromatic N) is 3. The topological polar surface area (TPSA) is 59.8 Å². The quantitative estimate of drug-likeness (QED) is 0.623. The fourth-order valence-electron chi connectivity index (χ4n) is 2.25. The molecule has 1 N–H and O–H groups in total. The highest BCUT2D eigenvalue weighted by Crippen LogP contribution is 2.23. The summed E-state index contributed by atoms with van der Waals surface area (Å²) in [6.07, 6.45) is 0.860. The average molecular weight is 393 g/mol. The van der Waals surface area contributed by atoms with Crippen molar-refractivity contribution in [2.75, 3.05) is 12.3 Å². The highest BCUT2D eigenvalue weighted by atomic mass is 35.5. The first kappa shape index (κ1) is 18.0. The molecule has 1 amide bonds. The molecule has 3 rings (SSSR count). The molecule has 8 heteroatoms.